The number of hydrogen-bond acceptors (Lipinski definition) is 3. The number of rotatable bonds is 4. The van der Waals surface area contributed by atoms with Crippen LogP contribution in [-0.2, 0) is 6.42 Å². The first-order chi connectivity index (χ1) is 9.33. The van der Waals surface area contributed by atoms with Crippen molar-refractivity contribution >= 4 is 23.1 Å². The van der Waals surface area contributed by atoms with E-state index in [0.717, 1.165) is 18.2 Å². The average Bonchev–Trinajstić information content (AvgIpc) is 2.88. The minimum Gasteiger partial charge on any atom is -0.309 e. The first kappa shape index (κ1) is 13.2. The predicted molar refractivity (Wildman–Crippen MR) is 85.1 cm³/mol. The van der Waals surface area contributed by atoms with Crippen molar-refractivity contribution in [1.82, 2.24) is 5.32 Å². The molecule has 1 aromatic carbocycles. The van der Waals surface area contributed by atoms with E-state index in [4.69, 9.17) is 0 Å². The predicted octanol–water partition coefficient (Wildman–Crippen LogP) is 4.51. The zero-order valence-corrected chi connectivity index (χ0v) is 12.8. The molecule has 1 aliphatic heterocycles. The average molecular weight is 289 g/mol. The molecule has 1 aliphatic rings. The molecule has 0 saturated heterocycles. The molecule has 0 saturated carbocycles. The molecule has 19 heavy (non-hydrogen) atoms. The van der Waals surface area contributed by atoms with Gasteiger partial charge in [0.05, 0.1) is 4.21 Å². The van der Waals surface area contributed by atoms with Gasteiger partial charge in [0.25, 0.3) is 0 Å². The number of benzene rings is 1. The summed E-state index contributed by atoms with van der Waals surface area (Å²) in [6.07, 6.45) is 2.35. The standard InChI is InChI=1S/C16H19NS2/c1-12-11-15(14-8-10-18-16(14)19-12)17-9-7-13-5-3-2-4-6-13/h2-6,8,10,12,15,17H,7,9,11H2,1H3/t12-,15?/m0/s1. The van der Waals surface area contributed by atoms with E-state index < -0.39 is 0 Å². The Morgan fingerprint density at radius 2 is 2.05 bits per heavy atom. The smallest absolute Gasteiger partial charge is 0.0649 e. The van der Waals surface area contributed by atoms with E-state index in [1.807, 2.05) is 23.1 Å². The molecule has 0 fully saturated rings. The lowest BCUT2D eigenvalue weighted by atomic mass is 10.0. The first-order valence-corrected chi connectivity index (χ1v) is 8.60. The van der Waals surface area contributed by atoms with Crippen molar-refractivity contribution in [3.05, 3.63) is 52.9 Å². The summed E-state index contributed by atoms with van der Waals surface area (Å²) >= 11 is 3.92. The maximum absolute atomic E-state index is 3.74. The first-order valence-electron chi connectivity index (χ1n) is 6.84. The fraction of sp³-hybridized carbons (Fsp3) is 0.375. The van der Waals surface area contributed by atoms with Crippen LogP contribution < -0.4 is 5.32 Å². The maximum Gasteiger partial charge on any atom is 0.0649 e. The van der Waals surface area contributed by atoms with Crippen LogP contribution in [0, 0.1) is 0 Å². The minimum absolute atomic E-state index is 0.543. The lowest BCUT2D eigenvalue weighted by Crippen LogP contribution is -2.28. The maximum atomic E-state index is 3.74. The van der Waals surface area contributed by atoms with Gasteiger partial charge in [-0.25, -0.2) is 0 Å². The normalized spacial score (nSPS) is 22.2. The van der Waals surface area contributed by atoms with E-state index in [9.17, 15) is 0 Å². The molecule has 1 nitrogen and oxygen atoms in total. The summed E-state index contributed by atoms with van der Waals surface area (Å²) < 4.78 is 1.51. The SMILES string of the molecule is C[C@H]1CC(NCCc2ccccc2)c2ccsc2S1. The fourth-order valence-corrected chi connectivity index (χ4v) is 5.14. The molecule has 2 heterocycles. The number of fused-ring (bicyclic) bond motifs is 1. The molecule has 0 radical (unpaired) electrons. The van der Waals surface area contributed by atoms with Gasteiger partial charge in [-0.1, -0.05) is 37.3 Å². The van der Waals surface area contributed by atoms with Crippen LogP contribution in [0.15, 0.2) is 46.0 Å². The molecular weight excluding hydrogens is 270 g/mol. The number of thioether (sulfide) groups is 1. The highest BCUT2D eigenvalue weighted by Crippen LogP contribution is 2.43. The van der Waals surface area contributed by atoms with Gasteiger partial charge >= 0.3 is 0 Å². The summed E-state index contributed by atoms with van der Waals surface area (Å²) in [5.41, 5.74) is 2.93. The van der Waals surface area contributed by atoms with Crippen molar-refractivity contribution in [2.45, 2.75) is 35.3 Å². The molecule has 2 atom stereocenters. The van der Waals surface area contributed by atoms with Crippen LogP contribution >= 0.6 is 23.1 Å². The molecule has 0 bridgehead atoms. The fourth-order valence-electron chi connectivity index (χ4n) is 2.58. The van der Waals surface area contributed by atoms with E-state index in [0.29, 0.717) is 6.04 Å². The summed E-state index contributed by atoms with van der Waals surface area (Å²) in [6, 6.07) is 13.6. The molecule has 3 heteroatoms. The summed E-state index contributed by atoms with van der Waals surface area (Å²) in [4.78, 5) is 0. The van der Waals surface area contributed by atoms with Crippen molar-refractivity contribution in [1.29, 1.82) is 0 Å². The van der Waals surface area contributed by atoms with E-state index in [1.165, 1.54) is 21.8 Å². The van der Waals surface area contributed by atoms with Gasteiger partial charge in [-0.05, 0) is 42.0 Å². The van der Waals surface area contributed by atoms with Crippen molar-refractivity contribution in [3.8, 4) is 0 Å². The molecular formula is C16H19NS2. The topological polar surface area (TPSA) is 12.0 Å². The number of nitrogens with one attached hydrogen (secondary N) is 1. The van der Waals surface area contributed by atoms with Crippen molar-refractivity contribution in [2.75, 3.05) is 6.54 Å². The zero-order valence-electron chi connectivity index (χ0n) is 11.1. The molecule has 0 spiro atoms. The van der Waals surface area contributed by atoms with Crippen LogP contribution in [0.2, 0.25) is 0 Å². The van der Waals surface area contributed by atoms with Crippen LogP contribution in [0.1, 0.15) is 30.5 Å². The van der Waals surface area contributed by atoms with Crippen molar-refractivity contribution in [3.63, 3.8) is 0 Å². The third kappa shape index (κ3) is 3.22. The highest BCUT2D eigenvalue weighted by atomic mass is 32.2. The lowest BCUT2D eigenvalue weighted by Gasteiger charge is -2.27. The van der Waals surface area contributed by atoms with Gasteiger partial charge in [-0.3, -0.25) is 0 Å². The van der Waals surface area contributed by atoms with Gasteiger partial charge in [0, 0.05) is 11.3 Å². The van der Waals surface area contributed by atoms with E-state index in [2.05, 4.69) is 54.0 Å². The van der Waals surface area contributed by atoms with Crippen LogP contribution in [0.25, 0.3) is 0 Å². The Kier molecular flexibility index (Phi) is 4.26. The zero-order chi connectivity index (χ0) is 13.1. The molecule has 0 amide bonds. The Morgan fingerprint density at radius 1 is 1.21 bits per heavy atom. The Labute approximate surface area is 123 Å². The van der Waals surface area contributed by atoms with Crippen LogP contribution in [0.3, 0.4) is 0 Å². The van der Waals surface area contributed by atoms with Crippen LogP contribution in [0.5, 0.6) is 0 Å². The third-order valence-electron chi connectivity index (χ3n) is 3.56. The van der Waals surface area contributed by atoms with Crippen molar-refractivity contribution < 1.29 is 0 Å². The third-order valence-corrected chi connectivity index (χ3v) is 5.90. The summed E-state index contributed by atoms with van der Waals surface area (Å²) in [5.74, 6) is 0. The van der Waals surface area contributed by atoms with Crippen LogP contribution in [-0.4, -0.2) is 11.8 Å². The molecule has 100 valence electrons. The van der Waals surface area contributed by atoms with Gasteiger partial charge in [0.2, 0.25) is 0 Å². The van der Waals surface area contributed by atoms with Crippen LogP contribution in [0.4, 0.5) is 0 Å². The second-order valence-corrected chi connectivity index (χ2v) is 7.69. The summed E-state index contributed by atoms with van der Waals surface area (Å²) in [7, 11) is 0. The van der Waals surface area contributed by atoms with Gasteiger partial charge < -0.3 is 5.32 Å². The van der Waals surface area contributed by atoms with Gasteiger partial charge in [0.15, 0.2) is 0 Å². The van der Waals surface area contributed by atoms with Crippen molar-refractivity contribution in [2.24, 2.45) is 0 Å². The number of hydrogen-bond donors (Lipinski definition) is 1. The second kappa shape index (κ2) is 6.12. The molecule has 1 unspecified atom stereocenters. The molecule has 0 aliphatic carbocycles. The Bertz CT molecular complexity index is 521. The lowest BCUT2D eigenvalue weighted by molar-refractivity contribution is 0.492. The van der Waals surface area contributed by atoms with Gasteiger partial charge in [-0.2, -0.15) is 0 Å². The van der Waals surface area contributed by atoms with E-state index in [1.54, 1.807) is 0 Å². The summed E-state index contributed by atoms with van der Waals surface area (Å²) in [5, 5.41) is 6.68. The Morgan fingerprint density at radius 3 is 2.89 bits per heavy atom. The molecule has 3 rings (SSSR count). The van der Waals surface area contributed by atoms with E-state index in [-0.39, 0.29) is 0 Å². The summed E-state index contributed by atoms with van der Waals surface area (Å²) in [6.45, 7) is 3.39. The monoisotopic (exact) mass is 289 g/mol. The number of thiophene rings is 1. The van der Waals surface area contributed by atoms with E-state index >= 15 is 0 Å². The highest BCUT2D eigenvalue weighted by molar-refractivity contribution is 8.01. The Balaban J connectivity index is 1.59. The second-order valence-electron chi connectivity index (χ2n) is 5.07. The minimum atomic E-state index is 0.543. The quantitative estimate of drug-likeness (QED) is 0.889. The van der Waals surface area contributed by atoms with Gasteiger partial charge in [-0.15, -0.1) is 23.1 Å². The van der Waals surface area contributed by atoms with Gasteiger partial charge in [0.1, 0.15) is 0 Å². The largest absolute Gasteiger partial charge is 0.309 e. The molecule has 2 aromatic rings. The highest BCUT2D eigenvalue weighted by Gasteiger charge is 2.25. The molecule has 1 aromatic heterocycles. The molecule has 1 N–H and O–H groups in total. The Hall–Kier alpha value is -0.770.